The van der Waals surface area contributed by atoms with Gasteiger partial charge >= 0.3 is 5.97 Å². The monoisotopic (exact) mass is 480 g/mol. The Labute approximate surface area is 210 Å². The van der Waals surface area contributed by atoms with E-state index in [1.54, 1.807) is 0 Å². The molecule has 178 valence electrons. The van der Waals surface area contributed by atoms with Gasteiger partial charge < -0.3 is 9.47 Å². The van der Waals surface area contributed by atoms with Crippen LogP contribution in [0.25, 0.3) is 0 Å². The van der Waals surface area contributed by atoms with Gasteiger partial charge in [-0.2, -0.15) is 0 Å². The Morgan fingerprint density at radius 2 is 1.37 bits per heavy atom. The largest absolute Gasteiger partial charge is 0.489 e. The summed E-state index contributed by atoms with van der Waals surface area (Å²) in [7, 11) is -1.37. The molecule has 0 bridgehead atoms. The summed E-state index contributed by atoms with van der Waals surface area (Å²) in [5.74, 6) is 10.3. The molecule has 0 aromatic heterocycles. The first-order chi connectivity index (χ1) is 16.7. The molecule has 3 aromatic carbocycles. The first-order valence-electron chi connectivity index (χ1n) is 11.8. The van der Waals surface area contributed by atoms with E-state index in [4.69, 9.17) is 9.47 Å². The topological polar surface area (TPSA) is 35.5 Å². The van der Waals surface area contributed by atoms with E-state index in [0.29, 0.717) is 19.6 Å². The van der Waals surface area contributed by atoms with Crippen molar-refractivity contribution in [3.8, 4) is 29.1 Å². The number of esters is 1. The lowest BCUT2D eigenvalue weighted by atomic mass is 10.1. The Kier molecular flexibility index (Phi) is 8.96. The van der Waals surface area contributed by atoms with Gasteiger partial charge in [0.05, 0.1) is 6.61 Å². The lowest BCUT2D eigenvalue weighted by Crippen LogP contribution is -2.16. The molecule has 0 amide bonds. The van der Waals surface area contributed by atoms with Crippen LogP contribution < -0.4 is 4.74 Å². The fourth-order valence-corrected chi connectivity index (χ4v) is 3.73. The van der Waals surface area contributed by atoms with Crippen LogP contribution in [-0.2, 0) is 22.6 Å². The van der Waals surface area contributed by atoms with E-state index in [2.05, 4.69) is 67.2 Å². The molecular weight excluding hydrogens is 448 g/mol. The minimum atomic E-state index is -1.37. The molecule has 0 aliphatic rings. The summed E-state index contributed by atoms with van der Waals surface area (Å²) >= 11 is 0. The Hall–Kier alpha value is -3.73. The summed E-state index contributed by atoms with van der Waals surface area (Å²) in [6.07, 6.45) is 0.699. The minimum Gasteiger partial charge on any atom is -0.489 e. The van der Waals surface area contributed by atoms with Gasteiger partial charge in [0, 0.05) is 30.0 Å². The highest BCUT2D eigenvalue weighted by Crippen LogP contribution is 2.20. The van der Waals surface area contributed by atoms with Gasteiger partial charge in [-0.05, 0) is 66.1 Å². The molecule has 0 fully saturated rings. The molecule has 3 aromatic rings. The standard InChI is InChI=1S/C31H32O3Si/c1-24-22-29(13-10-26-6-8-27(9-7-26)18-20-33-25(2)32)16-17-31(24)34-23-30-14-11-28(12-15-30)19-21-35(3,4)5/h6-9,11-12,14-17,22H,18,20,23H2,1-5H3. The van der Waals surface area contributed by atoms with Crippen molar-refractivity contribution >= 4 is 14.0 Å². The zero-order valence-electron chi connectivity index (χ0n) is 21.2. The van der Waals surface area contributed by atoms with E-state index in [1.807, 2.05) is 49.4 Å². The van der Waals surface area contributed by atoms with Crippen molar-refractivity contribution < 1.29 is 14.3 Å². The van der Waals surface area contributed by atoms with Crippen LogP contribution >= 0.6 is 0 Å². The summed E-state index contributed by atoms with van der Waals surface area (Å²) < 4.78 is 11.0. The molecule has 35 heavy (non-hydrogen) atoms. The summed E-state index contributed by atoms with van der Waals surface area (Å²) in [5.41, 5.74) is 9.61. The van der Waals surface area contributed by atoms with Crippen LogP contribution in [0.3, 0.4) is 0 Å². The molecule has 0 aliphatic heterocycles. The number of aryl methyl sites for hydroxylation is 1. The fraction of sp³-hybridized carbons (Fsp3) is 0.258. The van der Waals surface area contributed by atoms with Crippen LogP contribution in [0.4, 0.5) is 0 Å². The number of carbonyl (C=O) groups excluding carboxylic acids is 1. The van der Waals surface area contributed by atoms with Crippen molar-refractivity contribution in [1.82, 2.24) is 0 Å². The molecule has 0 unspecified atom stereocenters. The molecule has 0 heterocycles. The number of hydrogen-bond acceptors (Lipinski definition) is 3. The molecule has 0 N–H and O–H groups in total. The fourth-order valence-electron chi connectivity index (χ4n) is 3.21. The predicted octanol–water partition coefficient (Wildman–Crippen LogP) is 6.31. The van der Waals surface area contributed by atoms with Crippen LogP contribution in [-0.4, -0.2) is 20.7 Å². The first-order valence-corrected chi connectivity index (χ1v) is 15.3. The Morgan fingerprint density at radius 3 is 1.97 bits per heavy atom. The maximum Gasteiger partial charge on any atom is 0.302 e. The summed E-state index contributed by atoms with van der Waals surface area (Å²) in [6.45, 7) is 11.1. The quantitative estimate of drug-likeness (QED) is 0.236. The van der Waals surface area contributed by atoms with E-state index in [-0.39, 0.29) is 5.97 Å². The van der Waals surface area contributed by atoms with Gasteiger partial charge in [-0.25, -0.2) is 0 Å². The molecule has 4 heteroatoms. The van der Waals surface area contributed by atoms with Crippen molar-refractivity contribution in [2.75, 3.05) is 6.61 Å². The van der Waals surface area contributed by atoms with Crippen molar-refractivity contribution in [3.63, 3.8) is 0 Å². The van der Waals surface area contributed by atoms with Gasteiger partial charge in [0.2, 0.25) is 0 Å². The second kappa shape index (κ2) is 12.1. The van der Waals surface area contributed by atoms with E-state index < -0.39 is 8.07 Å². The summed E-state index contributed by atoms with van der Waals surface area (Å²) in [6, 6.07) is 22.3. The smallest absolute Gasteiger partial charge is 0.302 e. The van der Waals surface area contributed by atoms with Gasteiger partial charge in [-0.3, -0.25) is 4.79 Å². The van der Waals surface area contributed by atoms with Crippen LogP contribution in [0.2, 0.25) is 19.6 Å². The highest BCUT2D eigenvalue weighted by molar-refractivity contribution is 6.83. The number of ether oxygens (including phenoxy) is 2. The maximum absolute atomic E-state index is 10.9. The predicted molar refractivity (Wildman–Crippen MR) is 145 cm³/mol. The molecule has 0 radical (unpaired) electrons. The number of rotatable bonds is 6. The Morgan fingerprint density at radius 1 is 0.800 bits per heavy atom. The zero-order chi connectivity index (χ0) is 25.3. The van der Waals surface area contributed by atoms with E-state index >= 15 is 0 Å². The molecule has 0 atom stereocenters. The lowest BCUT2D eigenvalue weighted by molar-refractivity contribution is -0.140. The number of carbonyl (C=O) groups is 1. The molecule has 0 saturated carbocycles. The molecular formula is C31H32O3Si. The third-order valence-electron chi connectivity index (χ3n) is 5.11. The van der Waals surface area contributed by atoms with Crippen molar-refractivity contribution in [1.29, 1.82) is 0 Å². The summed E-state index contributed by atoms with van der Waals surface area (Å²) in [5, 5.41) is 0. The van der Waals surface area contributed by atoms with Crippen molar-refractivity contribution in [2.24, 2.45) is 0 Å². The third kappa shape index (κ3) is 9.20. The normalized spacial score (nSPS) is 10.4. The number of hydrogen-bond donors (Lipinski definition) is 0. The minimum absolute atomic E-state index is 0.253. The zero-order valence-corrected chi connectivity index (χ0v) is 22.2. The van der Waals surface area contributed by atoms with E-state index in [1.165, 1.54) is 6.92 Å². The Balaban J connectivity index is 1.56. The van der Waals surface area contributed by atoms with Gasteiger partial charge in [-0.15, -0.1) is 5.54 Å². The average molecular weight is 481 g/mol. The summed E-state index contributed by atoms with van der Waals surface area (Å²) in [4.78, 5) is 10.9. The van der Waals surface area contributed by atoms with Gasteiger partial charge in [-0.1, -0.05) is 61.7 Å². The average Bonchev–Trinajstić information content (AvgIpc) is 2.81. The van der Waals surface area contributed by atoms with Crippen LogP contribution in [0, 0.1) is 30.2 Å². The van der Waals surface area contributed by atoms with Crippen LogP contribution in [0.1, 0.15) is 40.3 Å². The molecule has 0 aliphatic carbocycles. The number of benzene rings is 3. The van der Waals surface area contributed by atoms with Crippen LogP contribution in [0.5, 0.6) is 5.75 Å². The highest BCUT2D eigenvalue weighted by atomic mass is 28.3. The van der Waals surface area contributed by atoms with Crippen molar-refractivity contribution in [3.05, 3.63) is 100 Å². The first kappa shape index (κ1) is 25.9. The molecule has 3 nitrogen and oxygen atoms in total. The Bertz CT molecular complexity index is 1280. The van der Waals surface area contributed by atoms with Gasteiger partial charge in [0.25, 0.3) is 0 Å². The molecule has 0 saturated heterocycles. The van der Waals surface area contributed by atoms with E-state index in [0.717, 1.165) is 39.1 Å². The van der Waals surface area contributed by atoms with Crippen molar-refractivity contribution in [2.45, 2.75) is 46.5 Å². The van der Waals surface area contributed by atoms with Crippen LogP contribution in [0.15, 0.2) is 66.7 Å². The molecule has 3 rings (SSSR count). The third-order valence-corrected chi connectivity index (χ3v) is 5.98. The van der Waals surface area contributed by atoms with Gasteiger partial charge in [0.15, 0.2) is 0 Å². The molecule has 0 spiro atoms. The SMILES string of the molecule is CC(=O)OCCc1ccc(C#Cc2ccc(OCc3ccc(C#C[Si](C)(C)C)cc3)c(C)c2)cc1. The highest BCUT2D eigenvalue weighted by Gasteiger charge is 2.07. The second-order valence-electron chi connectivity index (χ2n) is 9.50. The van der Waals surface area contributed by atoms with E-state index in [9.17, 15) is 4.79 Å². The lowest BCUT2D eigenvalue weighted by Gasteiger charge is -2.10. The van der Waals surface area contributed by atoms with Gasteiger partial charge in [0.1, 0.15) is 20.4 Å². The maximum atomic E-state index is 10.9. The second-order valence-corrected chi connectivity index (χ2v) is 14.3.